The number of nitrogens with zero attached hydrogens (tertiary/aromatic N) is 1. The lowest BCUT2D eigenvalue weighted by Crippen LogP contribution is -2.61. The van der Waals surface area contributed by atoms with Crippen molar-refractivity contribution >= 4 is 5.91 Å². The smallest absolute Gasteiger partial charge is 0.270 e. The van der Waals surface area contributed by atoms with Crippen molar-refractivity contribution in [1.29, 1.82) is 0 Å². The third kappa shape index (κ3) is 3.23. The molecule has 5 heteroatoms. The molecule has 0 aromatic carbocycles. The van der Waals surface area contributed by atoms with E-state index in [4.69, 9.17) is 9.84 Å². The second-order valence-electron chi connectivity index (χ2n) is 5.70. The van der Waals surface area contributed by atoms with Crippen LogP contribution < -0.4 is 5.32 Å². The molecule has 0 spiro atoms. The predicted molar refractivity (Wildman–Crippen MR) is 78.7 cm³/mol. The Labute approximate surface area is 124 Å². The van der Waals surface area contributed by atoms with Gasteiger partial charge in [-0.1, -0.05) is 25.7 Å². The molecular weight excluding hydrogens is 268 g/mol. The van der Waals surface area contributed by atoms with Crippen molar-refractivity contribution in [2.45, 2.75) is 32.4 Å². The zero-order chi connectivity index (χ0) is 15.5. The molecule has 1 saturated carbocycles. The maximum absolute atomic E-state index is 12.2. The maximum atomic E-state index is 12.2. The van der Waals surface area contributed by atoms with Crippen LogP contribution in [0.3, 0.4) is 0 Å². The minimum Gasteiger partial charge on any atom is -0.384 e. The fourth-order valence-electron chi connectivity index (χ4n) is 2.51. The molecule has 112 valence electrons. The van der Waals surface area contributed by atoms with Gasteiger partial charge in [0.2, 0.25) is 0 Å². The molecule has 1 aliphatic carbocycles. The van der Waals surface area contributed by atoms with Crippen LogP contribution in [0.5, 0.6) is 0 Å². The van der Waals surface area contributed by atoms with Gasteiger partial charge in [-0.2, -0.15) is 0 Å². The van der Waals surface area contributed by atoms with E-state index in [0.717, 1.165) is 6.42 Å². The summed E-state index contributed by atoms with van der Waals surface area (Å²) in [5.41, 5.74) is 0.960. The molecule has 2 rings (SSSR count). The van der Waals surface area contributed by atoms with E-state index in [-0.39, 0.29) is 30.1 Å². The first-order valence-electron chi connectivity index (χ1n) is 6.88. The summed E-state index contributed by atoms with van der Waals surface area (Å²) >= 11 is 0. The highest BCUT2D eigenvalue weighted by Crippen LogP contribution is 2.42. The second kappa shape index (κ2) is 6.25. The van der Waals surface area contributed by atoms with E-state index in [9.17, 15) is 4.79 Å². The zero-order valence-corrected chi connectivity index (χ0v) is 12.5. The Kier molecular flexibility index (Phi) is 4.61. The molecule has 1 heterocycles. The minimum atomic E-state index is -0.195. The van der Waals surface area contributed by atoms with Gasteiger partial charge in [0, 0.05) is 30.3 Å². The fourth-order valence-corrected chi connectivity index (χ4v) is 2.51. The van der Waals surface area contributed by atoms with Crippen molar-refractivity contribution in [3.8, 4) is 11.8 Å². The molecule has 1 amide bonds. The van der Waals surface area contributed by atoms with E-state index < -0.39 is 0 Å². The number of carbonyl (C=O) groups is 1. The Hall–Kier alpha value is -1.90. The van der Waals surface area contributed by atoms with Crippen LogP contribution in [0.2, 0.25) is 0 Å². The highest BCUT2D eigenvalue weighted by molar-refractivity contribution is 5.92. The second-order valence-corrected chi connectivity index (χ2v) is 5.70. The van der Waals surface area contributed by atoms with Crippen molar-refractivity contribution in [2.24, 2.45) is 5.41 Å². The van der Waals surface area contributed by atoms with E-state index >= 15 is 0 Å². The van der Waals surface area contributed by atoms with Crippen LogP contribution in [0.25, 0.3) is 0 Å². The van der Waals surface area contributed by atoms with Gasteiger partial charge in [0.15, 0.2) is 0 Å². The van der Waals surface area contributed by atoms with Crippen LogP contribution in [-0.2, 0) is 4.74 Å². The van der Waals surface area contributed by atoms with Gasteiger partial charge >= 0.3 is 0 Å². The van der Waals surface area contributed by atoms with E-state index in [0.29, 0.717) is 11.3 Å². The third-order valence-electron chi connectivity index (χ3n) is 4.08. The summed E-state index contributed by atoms with van der Waals surface area (Å²) < 4.78 is 5.37. The van der Waals surface area contributed by atoms with Gasteiger partial charge in [-0.3, -0.25) is 4.79 Å². The van der Waals surface area contributed by atoms with Crippen LogP contribution in [-0.4, -0.2) is 41.9 Å². The monoisotopic (exact) mass is 288 g/mol. The number of ether oxygens (including phenoxy) is 1. The van der Waals surface area contributed by atoms with E-state index in [1.807, 2.05) is 0 Å². The molecule has 1 fully saturated rings. The Balaban J connectivity index is 1.98. The van der Waals surface area contributed by atoms with Gasteiger partial charge in [-0.15, -0.1) is 0 Å². The van der Waals surface area contributed by atoms with Crippen LogP contribution in [0.4, 0.5) is 0 Å². The lowest BCUT2D eigenvalue weighted by molar-refractivity contribution is -0.0942. The van der Waals surface area contributed by atoms with E-state index in [1.54, 1.807) is 19.2 Å². The zero-order valence-electron chi connectivity index (χ0n) is 12.5. The molecule has 2 unspecified atom stereocenters. The topological polar surface area (TPSA) is 71.5 Å². The summed E-state index contributed by atoms with van der Waals surface area (Å²) in [6.45, 7) is 3.97. The maximum Gasteiger partial charge on any atom is 0.270 e. The summed E-state index contributed by atoms with van der Waals surface area (Å²) in [6, 6.07) is 3.44. The number of rotatable bonds is 3. The molecule has 0 bridgehead atoms. The van der Waals surface area contributed by atoms with Crippen LogP contribution in [0.1, 0.15) is 36.3 Å². The summed E-state index contributed by atoms with van der Waals surface area (Å²) in [5, 5.41) is 11.6. The standard InChI is InChI=1S/C16H20N2O3/c1-16(2)13(9-14(16)21-3)18-15(20)12-7-6-11(10-17-12)5-4-8-19/h6-7,10,13-14,19H,8-9H2,1-3H3,(H,18,20). The molecule has 1 aromatic rings. The van der Waals surface area contributed by atoms with Crippen LogP contribution >= 0.6 is 0 Å². The van der Waals surface area contributed by atoms with Crippen LogP contribution in [0, 0.1) is 17.3 Å². The van der Waals surface area contributed by atoms with Gasteiger partial charge in [0.05, 0.1) is 6.10 Å². The van der Waals surface area contributed by atoms with Crippen LogP contribution in [0.15, 0.2) is 18.3 Å². The Morgan fingerprint density at radius 3 is 2.86 bits per heavy atom. The molecule has 0 aliphatic heterocycles. The Bertz CT molecular complexity index is 569. The molecule has 0 radical (unpaired) electrons. The third-order valence-corrected chi connectivity index (χ3v) is 4.08. The normalized spacial score (nSPS) is 22.7. The number of hydrogen-bond donors (Lipinski definition) is 2. The molecule has 2 atom stereocenters. The SMILES string of the molecule is COC1CC(NC(=O)c2ccc(C#CCO)cn2)C1(C)C. The summed E-state index contributed by atoms with van der Waals surface area (Å²) in [4.78, 5) is 16.3. The first kappa shape index (κ1) is 15.5. The van der Waals surface area contributed by atoms with Gasteiger partial charge in [-0.05, 0) is 18.6 Å². The Morgan fingerprint density at radius 1 is 1.57 bits per heavy atom. The van der Waals surface area contributed by atoms with Crippen molar-refractivity contribution in [3.63, 3.8) is 0 Å². The number of aromatic nitrogens is 1. The predicted octanol–water partition coefficient (Wildman–Crippen LogP) is 0.969. The van der Waals surface area contributed by atoms with E-state index in [1.165, 1.54) is 6.20 Å². The number of aliphatic hydroxyl groups excluding tert-OH is 1. The average molecular weight is 288 g/mol. The van der Waals surface area contributed by atoms with Crippen molar-refractivity contribution < 1.29 is 14.6 Å². The number of hydrogen-bond acceptors (Lipinski definition) is 4. The first-order chi connectivity index (χ1) is 9.98. The molecule has 21 heavy (non-hydrogen) atoms. The van der Waals surface area contributed by atoms with Gasteiger partial charge in [-0.25, -0.2) is 4.98 Å². The van der Waals surface area contributed by atoms with Crippen molar-refractivity contribution in [1.82, 2.24) is 10.3 Å². The first-order valence-corrected chi connectivity index (χ1v) is 6.88. The number of aliphatic hydroxyl groups is 1. The Morgan fingerprint density at radius 2 is 2.33 bits per heavy atom. The number of pyridine rings is 1. The van der Waals surface area contributed by atoms with Gasteiger partial charge < -0.3 is 15.2 Å². The quantitative estimate of drug-likeness (QED) is 0.813. The molecule has 0 saturated heterocycles. The van der Waals surface area contributed by atoms with Gasteiger partial charge in [0.1, 0.15) is 12.3 Å². The van der Waals surface area contributed by atoms with Crippen molar-refractivity contribution in [2.75, 3.05) is 13.7 Å². The number of nitrogens with one attached hydrogen (secondary N) is 1. The van der Waals surface area contributed by atoms with E-state index in [2.05, 4.69) is 36.0 Å². The lowest BCUT2D eigenvalue weighted by Gasteiger charge is -2.51. The minimum absolute atomic E-state index is 0.0725. The summed E-state index contributed by atoms with van der Waals surface area (Å²) in [5.74, 6) is 5.09. The molecule has 2 N–H and O–H groups in total. The largest absolute Gasteiger partial charge is 0.384 e. The molecule has 1 aromatic heterocycles. The lowest BCUT2D eigenvalue weighted by atomic mass is 9.64. The highest BCUT2D eigenvalue weighted by atomic mass is 16.5. The fraction of sp³-hybridized carbons (Fsp3) is 0.500. The highest BCUT2D eigenvalue weighted by Gasteiger charge is 2.49. The molecule has 1 aliphatic rings. The van der Waals surface area contributed by atoms with Crippen molar-refractivity contribution in [3.05, 3.63) is 29.6 Å². The average Bonchev–Trinajstić information content (AvgIpc) is 2.49. The number of carbonyl (C=O) groups excluding carboxylic acids is 1. The number of methoxy groups -OCH3 is 1. The summed E-state index contributed by atoms with van der Waals surface area (Å²) in [7, 11) is 1.69. The molecule has 5 nitrogen and oxygen atoms in total. The van der Waals surface area contributed by atoms with Gasteiger partial charge in [0.25, 0.3) is 5.91 Å². The number of amides is 1. The summed E-state index contributed by atoms with van der Waals surface area (Å²) in [6.07, 6.45) is 2.52. The molecular formula is C16H20N2O3.